The van der Waals surface area contributed by atoms with Crippen LogP contribution in [0.5, 0.6) is 0 Å². The predicted octanol–water partition coefficient (Wildman–Crippen LogP) is 3.14. The van der Waals surface area contributed by atoms with Gasteiger partial charge >= 0.3 is 5.97 Å². The SMILES string of the molecule is CC(C)(C)OC(=O)[C@@H]1CCCN1C1CC(C)(C)OC1(C)C. The van der Waals surface area contributed by atoms with Crippen molar-refractivity contribution >= 4 is 5.97 Å². The standard InChI is InChI=1S/C17H31NO3/c1-15(2,3)20-14(19)12-9-8-10-18(12)13-11-16(4,5)21-17(13,6)7/h12-13H,8-11H2,1-7H3/t12-,13?/m0/s1. The van der Waals surface area contributed by atoms with Crippen LogP contribution < -0.4 is 0 Å². The highest BCUT2D eigenvalue weighted by Crippen LogP contribution is 2.42. The number of nitrogens with zero attached hydrogens (tertiary/aromatic N) is 1. The molecule has 2 atom stereocenters. The van der Waals surface area contributed by atoms with Crippen LogP contribution in [0.15, 0.2) is 0 Å². The Kier molecular flexibility index (Phi) is 4.18. The first kappa shape index (κ1) is 16.8. The van der Waals surface area contributed by atoms with Gasteiger partial charge in [-0.15, -0.1) is 0 Å². The lowest BCUT2D eigenvalue weighted by Crippen LogP contribution is -2.51. The third kappa shape index (κ3) is 3.78. The van der Waals surface area contributed by atoms with E-state index in [4.69, 9.17) is 9.47 Å². The van der Waals surface area contributed by atoms with E-state index in [2.05, 4.69) is 32.6 Å². The van der Waals surface area contributed by atoms with Crippen LogP contribution in [-0.4, -0.2) is 46.3 Å². The van der Waals surface area contributed by atoms with E-state index in [-0.39, 0.29) is 29.3 Å². The second kappa shape index (κ2) is 5.24. The van der Waals surface area contributed by atoms with Gasteiger partial charge in [-0.25, -0.2) is 0 Å². The molecule has 2 aliphatic heterocycles. The number of likely N-dealkylation sites (tertiary alicyclic amines) is 1. The smallest absolute Gasteiger partial charge is 0.323 e. The molecule has 21 heavy (non-hydrogen) atoms. The van der Waals surface area contributed by atoms with E-state index in [1.165, 1.54) is 0 Å². The highest BCUT2D eigenvalue weighted by molar-refractivity contribution is 5.76. The first-order valence-corrected chi connectivity index (χ1v) is 8.10. The summed E-state index contributed by atoms with van der Waals surface area (Å²) in [6, 6.07) is 0.151. The van der Waals surface area contributed by atoms with Crippen molar-refractivity contribution in [2.24, 2.45) is 0 Å². The number of esters is 1. The summed E-state index contributed by atoms with van der Waals surface area (Å²) in [7, 11) is 0. The molecule has 0 aliphatic carbocycles. The minimum atomic E-state index is -0.424. The third-order valence-electron chi connectivity index (χ3n) is 4.40. The number of hydrogen-bond donors (Lipinski definition) is 0. The molecule has 0 aromatic carbocycles. The highest BCUT2D eigenvalue weighted by Gasteiger charge is 2.52. The Hall–Kier alpha value is -0.610. The molecule has 2 fully saturated rings. The van der Waals surface area contributed by atoms with Crippen molar-refractivity contribution in [3.8, 4) is 0 Å². The summed E-state index contributed by atoms with van der Waals surface area (Å²) >= 11 is 0. The van der Waals surface area contributed by atoms with E-state index >= 15 is 0 Å². The summed E-state index contributed by atoms with van der Waals surface area (Å²) < 4.78 is 11.8. The van der Waals surface area contributed by atoms with Gasteiger partial charge in [0.05, 0.1) is 11.2 Å². The van der Waals surface area contributed by atoms with Crippen molar-refractivity contribution in [1.29, 1.82) is 0 Å². The highest BCUT2D eigenvalue weighted by atomic mass is 16.6. The molecule has 4 nitrogen and oxygen atoms in total. The topological polar surface area (TPSA) is 38.8 Å². The average Bonchev–Trinajstić information content (AvgIpc) is 2.76. The molecule has 0 aromatic rings. The maximum atomic E-state index is 12.5. The summed E-state index contributed by atoms with van der Waals surface area (Å²) in [5.41, 5.74) is -0.782. The minimum Gasteiger partial charge on any atom is -0.459 e. The molecule has 0 N–H and O–H groups in total. The van der Waals surface area contributed by atoms with Gasteiger partial charge in [-0.05, 0) is 74.3 Å². The van der Waals surface area contributed by atoms with Crippen LogP contribution in [0.2, 0.25) is 0 Å². The van der Waals surface area contributed by atoms with Gasteiger partial charge in [-0.2, -0.15) is 0 Å². The van der Waals surface area contributed by atoms with Gasteiger partial charge in [-0.1, -0.05) is 0 Å². The van der Waals surface area contributed by atoms with Crippen molar-refractivity contribution in [2.75, 3.05) is 6.54 Å². The summed E-state index contributed by atoms with van der Waals surface area (Å²) in [6.07, 6.45) is 2.90. The number of hydrogen-bond acceptors (Lipinski definition) is 4. The largest absolute Gasteiger partial charge is 0.459 e. The van der Waals surface area contributed by atoms with Gasteiger partial charge in [0.2, 0.25) is 0 Å². The molecule has 0 spiro atoms. The van der Waals surface area contributed by atoms with Gasteiger partial charge in [-0.3, -0.25) is 9.69 Å². The third-order valence-corrected chi connectivity index (χ3v) is 4.40. The zero-order valence-electron chi connectivity index (χ0n) is 14.7. The molecule has 2 saturated heterocycles. The average molecular weight is 297 g/mol. The fourth-order valence-corrected chi connectivity index (χ4v) is 3.83. The molecule has 4 heteroatoms. The van der Waals surface area contributed by atoms with E-state index in [0.29, 0.717) is 0 Å². The van der Waals surface area contributed by atoms with Crippen molar-refractivity contribution in [1.82, 2.24) is 4.90 Å². The number of carbonyl (C=O) groups excluding carboxylic acids is 1. The number of ether oxygens (including phenoxy) is 2. The van der Waals surface area contributed by atoms with Crippen molar-refractivity contribution in [3.05, 3.63) is 0 Å². The molecule has 1 unspecified atom stereocenters. The van der Waals surface area contributed by atoms with Crippen molar-refractivity contribution in [3.63, 3.8) is 0 Å². The Morgan fingerprint density at radius 2 is 1.86 bits per heavy atom. The zero-order chi connectivity index (χ0) is 16.1. The molecule has 0 radical (unpaired) electrons. The van der Waals surface area contributed by atoms with Gasteiger partial charge in [0.15, 0.2) is 0 Å². The summed E-state index contributed by atoms with van der Waals surface area (Å²) in [5.74, 6) is -0.0829. The molecule has 2 aliphatic rings. The lowest BCUT2D eigenvalue weighted by Gasteiger charge is -2.37. The van der Waals surface area contributed by atoms with Gasteiger partial charge < -0.3 is 9.47 Å². The molecule has 0 saturated carbocycles. The first-order chi connectivity index (χ1) is 9.41. The molecule has 122 valence electrons. The van der Waals surface area contributed by atoms with E-state index in [1.807, 2.05) is 20.8 Å². The normalized spacial score (nSPS) is 32.3. The number of rotatable bonds is 2. The van der Waals surface area contributed by atoms with E-state index in [1.54, 1.807) is 0 Å². The van der Waals surface area contributed by atoms with Gasteiger partial charge in [0.1, 0.15) is 11.6 Å². The first-order valence-electron chi connectivity index (χ1n) is 8.10. The van der Waals surface area contributed by atoms with Crippen LogP contribution in [-0.2, 0) is 14.3 Å². The van der Waals surface area contributed by atoms with Crippen LogP contribution in [0, 0.1) is 0 Å². The minimum absolute atomic E-state index is 0.0829. The van der Waals surface area contributed by atoms with Crippen LogP contribution in [0.25, 0.3) is 0 Å². The van der Waals surface area contributed by atoms with Crippen LogP contribution in [0.1, 0.15) is 67.7 Å². The summed E-state index contributed by atoms with van der Waals surface area (Å²) in [5, 5.41) is 0. The lowest BCUT2D eigenvalue weighted by molar-refractivity contribution is -0.162. The van der Waals surface area contributed by atoms with Crippen LogP contribution >= 0.6 is 0 Å². The van der Waals surface area contributed by atoms with E-state index < -0.39 is 5.60 Å². The fourth-order valence-electron chi connectivity index (χ4n) is 3.83. The molecule has 0 bridgehead atoms. The fraction of sp³-hybridized carbons (Fsp3) is 0.941. The second-order valence-corrected chi connectivity index (χ2v) is 8.61. The Morgan fingerprint density at radius 3 is 2.33 bits per heavy atom. The summed E-state index contributed by atoms with van der Waals surface area (Å²) in [4.78, 5) is 14.8. The quantitative estimate of drug-likeness (QED) is 0.734. The van der Waals surface area contributed by atoms with E-state index in [0.717, 1.165) is 25.8 Å². The van der Waals surface area contributed by atoms with E-state index in [9.17, 15) is 4.79 Å². The van der Waals surface area contributed by atoms with Crippen LogP contribution in [0.3, 0.4) is 0 Å². The molecule has 2 rings (SSSR count). The Balaban J connectivity index is 2.14. The molecule has 0 aromatic heterocycles. The predicted molar refractivity (Wildman–Crippen MR) is 83.2 cm³/mol. The molecular weight excluding hydrogens is 266 g/mol. The van der Waals surface area contributed by atoms with Gasteiger partial charge in [0.25, 0.3) is 0 Å². The zero-order valence-corrected chi connectivity index (χ0v) is 14.7. The molecule has 0 amide bonds. The monoisotopic (exact) mass is 297 g/mol. The Morgan fingerprint density at radius 1 is 1.24 bits per heavy atom. The number of carbonyl (C=O) groups is 1. The van der Waals surface area contributed by atoms with Crippen molar-refractivity contribution in [2.45, 2.75) is 96.6 Å². The van der Waals surface area contributed by atoms with Crippen LogP contribution in [0.4, 0.5) is 0 Å². The molecule has 2 heterocycles. The summed E-state index contributed by atoms with van der Waals surface area (Å²) in [6.45, 7) is 15.3. The maximum Gasteiger partial charge on any atom is 0.323 e. The van der Waals surface area contributed by atoms with Gasteiger partial charge in [0, 0.05) is 6.04 Å². The second-order valence-electron chi connectivity index (χ2n) is 8.61. The Labute approximate surface area is 129 Å². The Bertz CT molecular complexity index is 409. The molecular formula is C17H31NO3. The van der Waals surface area contributed by atoms with Crippen molar-refractivity contribution < 1.29 is 14.3 Å². The maximum absolute atomic E-state index is 12.5. The lowest BCUT2D eigenvalue weighted by atomic mass is 9.92.